The molecule has 1 unspecified atom stereocenters. The van der Waals surface area contributed by atoms with Gasteiger partial charge in [-0.15, -0.1) is 11.8 Å². The standard InChI is InChI=1S/C15H16N2OS/c1-17-10-11(6-7-15(17)18)16-13-8-9-19-14-5-3-2-4-12(13)14/h2-7,10,13,16H,8-9H2,1H3. The average molecular weight is 272 g/mol. The summed E-state index contributed by atoms with van der Waals surface area (Å²) in [7, 11) is 1.78. The number of nitrogens with zero attached hydrogens (tertiary/aromatic N) is 1. The van der Waals surface area contributed by atoms with Crippen molar-refractivity contribution in [3.63, 3.8) is 0 Å². The van der Waals surface area contributed by atoms with E-state index < -0.39 is 0 Å². The molecular formula is C15H16N2OS. The first kappa shape index (κ1) is 12.4. The summed E-state index contributed by atoms with van der Waals surface area (Å²) in [5.41, 5.74) is 2.37. The van der Waals surface area contributed by atoms with Crippen LogP contribution in [0.3, 0.4) is 0 Å². The Morgan fingerprint density at radius 1 is 1.26 bits per heavy atom. The van der Waals surface area contributed by atoms with E-state index in [2.05, 4.69) is 29.6 Å². The molecule has 2 aromatic rings. The topological polar surface area (TPSA) is 34.0 Å². The Balaban J connectivity index is 1.88. The van der Waals surface area contributed by atoms with Crippen LogP contribution in [0.15, 0.2) is 52.3 Å². The lowest BCUT2D eigenvalue weighted by molar-refractivity contribution is 0.725. The Morgan fingerprint density at radius 3 is 2.95 bits per heavy atom. The first-order chi connectivity index (χ1) is 9.24. The molecule has 2 heterocycles. The van der Waals surface area contributed by atoms with Crippen LogP contribution in [0.2, 0.25) is 0 Å². The van der Waals surface area contributed by atoms with E-state index in [1.165, 1.54) is 10.5 Å². The SMILES string of the molecule is Cn1cc(NC2CCSc3ccccc32)ccc1=O. The maximum atomic E-state index is 11.4. The van der Waals surface area contributed by atoms with Crippen molar-refractivity contribution in [1.29, 1.82) is 0 Å². The van der Waals surface area contributed by atoms with Crippen LogP contribution in [-0.2, 0) is 7.05 Å². The molecule has 0 saturated heterocycles. The molecule has 0 aliphatic carbocycles. The van der Waals surface area contributed by atoms with Crippen LogP contribution in [0.4, 0.5) is 5.69 Å². The number of aromatic nitrogens is 1. The second-order valence-corrected chi connectivity index (χ2v) is 5.88. The molecule has 0 amide bonds. The molecule has 1 aromatic heterocycles. The number of aryl methyl sites for hydroxylation is 1. The summed E-state index contributed by atoms with van der Waals surface area (Å²) in [5, 5.41) is 3.53. The zero-order valence-corrected chi connectivity index (χ0v) is 11.6. The van der Waals surface area contributed by atoms with Crippen molar-refractivity contribution in [2.75, 3.05) is 11.1 Å². The number of hydrogen-bond acceptors (Lipinski definition) is 3. The lowest BCUT2D eigenvalue weighted by Crippen LogP contribution is -2.19. The second kappa shape index (κ2) is 5.13. The molecular weight excluding hydrogens is 256 g/mol. The van der Waals surface area contributed by atoms with Crippen LogP contribution in [0.25, 0.3) is 0 Å². The number of thioether (sulfide) groups is 1. The van der Waals surface area contributed by atoms with E-state index in [1.807, 2.05) is 24.0 Å². The molecule has 1 aliphatic heterocycles. The number of anilines is 1. The Kier molecular flexibility index (Phi) is 3.34. The van der Waals surface area contributed by atoms with Gasteiger partial charge in [0, 0.05) is 30.0 Å². The van der Waals surface area contributed by atoms with Gasteiger partial charge in [0.15, 0.2) is 0 Å². The molecule has 98 valence electrons. The van der Waals surface area contributed by atoms with Crippen LogP contribution in [0, 0.1) is 0 Å². The predicted molar refractivity (Wildman–Crippen MR) is 79.8 cm³/mol. The largest absolute Gasteiger partial charge is 0.377 e. The van der Waals surface area contributed by atoms with Gasteiger partial charge >= 0.3 is 0 Å². The highest BCUT2D eigenvalue weighted by atomic mass is 32.2. The van der Waals surface area contributed by atoms with Gasteiger partial charge < -0.3 is 9.88 Å². The van der Waals surface area contributed by atoms with Gasteiger partial charge in [-0.3, -0.25) is 4.79 Å². The van der Waals surface area contributed by atoms with Crippen LogP contribution < -0.4 is 10.9 Å². The molecule has 0 spiro atoms. The molecule has 3 nitrogen and oxygen atoms in total. The number of rotatable bonds is 2. The number of fused-ring (bicyclic) bond motifs is 1. The highest BCUT2D eigenvalue weighted by Crippen LogP contribution is 2.37. The third-order valence-corrected chi connectivity index (χ3v) is 4.51. The van der Waals surface area contributed by atoms with E-state index in [1.54, 1.807) is 17.7 Å². The lowest BCUT2D eigenvalue weighted by Gasteiger charge is -2.26. The van der Waals surface area contributed by atoms with Crippen molar-refractivity contribution in [3.05, 3.63) is 58.5 Å². The Morgan fingerprint density at radius 2 is 2.11 bits per heavy atom. The molecule has 3 rings (SSSR count). The first-order valence-corrected chi connectivity index (χ1v) is 7.37. The number of pyridine rings is 1. The number of hydrogen-bond donors (Lipinski definition) is 1. The van der Waals surface area contributed by atoms with Gasteiger partial charge in [0.1, 0.15) is 0 Å². The van der Waals surface area contributed by atoms with Gasteiger partial charge in [0.05, 0.1) is 11.7 Å². The normalized spacial score (nSPS) is 17.8. The van der Waals surface area contributed by atoms with Crippen LogP contribution in [0.1, 0.15) is 18.0 Å². The molecule has 1 aromatic carbocycles. The van der Waals surface area contributed by atoms with Crippen molar-refractivity contribution in [2.24, 2.45) is 7.05 Å². The summed E-state index contributed by atoms with van der Waals surface area (Å²) < 4.78 is 1.60. The van der Waals surface area contributed by atoms with Gasteiger partial charge in [0.2, 0.25) is 5.56 Å². The zero-order valence-electron chi connectivity index (χ0n) is 10.8. The minimum atomic E-state index is 0.0187. The molecule has 0 fully saturated rings. The highest BCUT2D eigenvalue weighted by Gasteiger charge is 2.19. The Bertz CT molecular complexity index is 651. The minimum Gasteiger partial charge on any atom is -0.377 e. The predicted octanol–water partition coefficient (Wildman–Crippen LogP) is 3.03. The van der Waals surface area contributed by atoms with E-state index in [0.29, 0.717) is 6.04 Å². The summed E-state index contributed by atoms with van der Waals surface area (Å²) in [5.74, 6) is 1.13. The zero-order chi connectivity index (χ0) is 13.2. The smallest absolute Gasteiger partial charge is 0.250 e. The molecule has 1 aliphatic rings. The lowest BCUT2D eigenvalue weighted by atomic mass is 10.0. The maximum Gasteiger partial charge on any atom is 0.250 e. The quantitative estimate of drug-likeness (QED) is 0.912. The maximum absolute atomic E-state index is 11.4. The molecule has 4 heteroatoms. The van der Waals surface area contributed by atoms with Crippen molar-refractivity contribution in [3.8, 4) is 0 Å². The molecule has 0 saturated carbocycles. The molecule has 1 N–H and O–H groups in total. The summed E-state index contributed by atoms with van der Waals surface area (Å²) in [6, 6.07) is 12.3. The highest BCUT2D eigenvalue weighted by molar-refractivity contribution is 7.99. The second-order valence-electron chi connectivity index (χ2n) is 4.74. The van der Waals surface area contributed by atoms with Gasteiger partial charge in [0.25, 0.3) is 0 Å². The van der Waals surface area contributed by atoms with Gasteiger partial charge in [-0.2, -0.15) is 0 Å². The van der Waals surface area contributed by atoms with Crippen LogP contribution in [-0.4, -0.2) is 10.3 Å². The Hall–Kier alpha value is -1.68. The summed E-state index contributed by atoms with van der Waals surface area (Å²) >= 11 is 1.91. The molecule has 0 bridgehead atoms. The number of nitrogens with one attached hydrogen (secondary N) is 1. The summed E-state index contributed by atoms with van der Waals surface area (Å²) in [6.45, 7) is 0. The number of benzene rings is 1. The minimum absolute atomic E-state index is 0.0187. The first-order valence-electron chi connectivity index (χ1n) is 6.39. The average Bonchev–Trinajstić information content (AvgIpc) is 2.43. The fourth-order valence-corrected chi connectivity index (χ4v) is 3.50. The third-order valence-electron chi connectivity index (χ3n) is 3.39. The van der Waals surface area contributed by atoms with E-state index in [9.17, 15) is 4.79 Å². The fourth-order valence-electron chi connectivity index (χ4n) is 2.37. The Labute approximate surface area is 116 Å². The van der Waals surface area contributed by atoms with Crippen molar-refractivity contribution < 1.29 is 0 Å². The van der Waals surface area contributed by atoms with Crippen molar-refractivity contribution in [1.82, 2.24) is 4.57 Å². The molecule has 19 heavy (non-hydrogen) atoms. The van der Waals surface area contributed by atoms with Gasteiger partial charge in [-0.25, -0.2) is 0 Å². The monoisotopic (exact) mass is 272 g/mol. The molecule has 0 radical (unpaired) electrons. The summed E-state index contributed by atoms with van der Waals surface area (Å²) in [6.07, 6.45) is 2.96. The van der Waals surface area contributed by atoms with Crippen molar-refractivity contribution in [2.45, 2.75) is 17.4 Å². The van der Waals surface area contributed by atoms with Crippen LogP contribution in [0.5, 0.6) is 0 Å². The van der Waals surface area contributed by atoms with Gasteiger partial charge in [-0.1, -0.05) is 18.2 Å². The van der Waals surface area contributed by atoms with E-state index in [-0.39, 0.29) is 5.56 Å². The van der Waals surface area contributed by atoms with E-state index in [0.717, 1.165) is 17.9 Å². The van der Waals surface area contributed by atoms with Gasteiger partial charge in [-0.05, 0) is 24.1 Å². The van der Waals surface area contributed by atoms with E-state index in [4.69, 9.17) is 0 Å². The molecule has 1 atom stereocenters. The van der Waals surface area contributed by atoms with Crippen molar-refractivity contribution >= 4 is 17.4 Å². The third kappa shape index (κ3) is 2.54. The van der Waals surface area contributed by atoms with E-state index >= 15 is 0 Å². The summed E-state index contributed by atoms with van der Waals surface area (Å²) in [4.78, 5) is 12.8. The fraction of sp³-hybridized carbons (Fsp3) is 0.267. The van der Waals surface area contributed by atoms with Crippen LogP contribution >= 0.6 is 11.8 Å².